The van der Waals surface area contributed by atoms with E-state index in [1.807, 2.05) is 18.2 Å². The molecule has 0 bridgehead atoms. The highest BCUT2D eigenvalue weighted by atomic mass is 16.5. The second-order valence-electron chi connectivity index (χ2n) is 5.42. The van der Waals surface area contributed by atoms with Gasteiger partial charge in [0.05, 0.1) is 12.2 Å². The van der Waals surface area contributed by atoms with Crippen molar-refractivity contribution in [2.75, 3.05) is 0 Å². The number of fused-ring (bicyclic) bond motifs is 1. The maximum atomic E-state index is 6.02. The molecule has 0 fully saturated rings. The first-order chi connectivity index (χ1) is 9.24. The van der Waals surface area contributed by atoms with E-state index in [1.54, 1.807) is 0 Å². The smallest absolute Gasteiger partial charge is 0.134 e. The third-order valence-corrected chi connectivity index (χ3v) is 3.55. The third kappa shape index (κ3) is 2.59. The van der Waals surface area contributed by atoms with Crippen LogP contribution in [0.1, 0.15) is 44.1 Å². The summed E-state index contributed by atoms with van der Waals surface area (Å²) in [6.45, 7) is 4.18. The number of aryl methyl sites for hydroxylation is 1. The van der Waals surface area contributed by atoms with Crippen molar-refractivity contribution in [3.8, 4) is 11.3 Å². The van der Waals surface area contributed by atoms with E-state index in [4.69, 9.17) is 9.15 Å². The molecule has 1 aliphatic rings. The van der Waals surface area contributed by atoms with Crippen LogP contribution in [-0.4, -0.2) is 6.10 Å². The molecule has 2 aromatic rings. The van der Waals surface area contributed by atoms with Crippen LogP contribution in [0.25, 0.3) is 11.3 Å². The van der Waals surface area contributed by atoms with Crippen molar-refractivity contribution in [2.24, 2.45) is 0 Å². The molecule has 3 rings (SSSR count). The Morgan fingerprint density at radius 1 is 1.21 bits per heavy atom. The van der Waals surface area contributed by atoms with Crippen LogP contribution in [0.5, 0.6) is 0 Å². The van der Waals surface area contributed by atoms with Gasteiger partial charge in [0, 0.05) is 17.5 Å². The van der Waals surface area contributed by atoms with Crippen LogP contribution in [0.4, 0.5) is 0 Å². The Labute approximate surface area is 114 Å². The minimum absolute atomic E-state index is 0.199. The first-order valence-corrected chi connectivity index (χ1v) is 7.07. The van der Waals surface area contributed by atoms with Gasteiger partial charge in [0.1, 0.15) is 11.5 Å². The van der Waals surface area contributed by atoms with Gasteiger partial charge in [-0.15, -0.1) is 0 Å². The Balaban J connectivity index is 1.93. The van der Waals surface area contributed by atoms with Gasteiger partial charge < -0.3 is 9.15 Å². The lowest BCUT2D eigenvalue weighted by Gasteiger charge is -2.23. The zero-order valence-electron chi connectivity index (χ0n) is 11.6. The Morgan fingerprint density at radius 3 is 2.74 bits per heavy atom. The molecular weight excluding hydrogens is 236 g/mol. The Hall–Kier alpha value is -1.54. The number of hydrogen-bond acceptors (Lipinski definition) is 2. The van der Waals surface area contributed by atoms with E-state index in [0.717, 1.165) is 36.3 Å². The van der Waals surface area contributed by atoms with Gasteiger partial charge in [-0.2, -0.15) is 0 Å². The van der Waals surface area contributed by atoms with Crippen LogP contribution in [0.2, 0.25) is 0 Å². The van der Waals surface area contributed by atoms with Gasteiger partial charge >= 0.3 is 0 Å². The standard InChI is InChI=1S/C17H20O2/c1-12(2)18-15-9-6-10-16-14(15)11-17(19-16)13-7-4-3-5-8-13/h3-5,7-8,11-12,15H,6,9-10H2,1-2H3/t15-/m0/s1. The number of benzene rings is 1. The van der Waals surface area contributed by atoms with Crippen LogP contribution in [0.3, 0.4) is 0 Å². The summed E-state index contributed by atoms with van der Waals surface area (Å²) >= 11 is 0. The molecule has 0 spiro atoms. The molecule has 2 nitrogen and oxygen atoms in total. The van der Waals surface area contributed by atoms with Crippen LogP contribution in [-0.2, 0) is 11.2 Å². The maximum Gasteiger partial charge on any atom is 0.134 e. The van der Waals surface area contributed by atoms with Gasteiger partial charge in [-0.3, -0.25) is 0 Å². The van der Waals surface area contributed by atoms with E-state index in [1.165, 1.54) is 5.56 Å². The third-order valence-electron chi connectivity index (χ3n) is 3.55. The summed E-state index contributed by atoms with van der Waals surface area (Å²) in [7, 11) is 0. The van der Waals surface area contributed by atoms with Crippen molar-refractivity contribution < 1.29 is 9.15 Å². The highest BCUT2D eigenvalue weighted by molar-refractivity contribution is 5.59. The van der Waals surface area contributed by atoms with Crippen molar-refractivity contribution in [1.82, 2.24) is 0 Å². The Morgan fingerprint density at radius 2 is 2.00 bits per heavy atom. The fourth-order valence-electron chi connectivity index (χ4n) is 2.73. The van der Waals surface area contributed by atoms with Crippen LogP contribution in [0, 0.1) is 0 Å². The van der Waals surface area contributed by atoms with E-state index >= 15 is 0 Å². The molecule has 0 N–H and O–H groups in total. The highest BCUT2D eigenvalue weighted by Crippen LogP contribution is 2.38. The lowest BCUT2D eigenvalue weighted by atomic mass is 9.95. The van der Waals surface area contributed by atoms with Crippen molar-refractivity contribution >= 4 is 0 Å². The molecule has 0 saturated carbocycles. The van der Waals surface area contributed by atoms with Gasteiger partial charge in [-0.05, 0) is 32.8 Å². The minimum Gasteiger partial charge on any atom is -0.461 e. The van der Waals surface area contributed by atoms with Gasteiger partial charge in [0.15, 0.2) is 0 Å². The van der Waals surface area contributed by atoms with E-state index in [2.05, 4.69) is 32.0 Å². The molecule has 0 aliphatic heterocycles. The van der Waals surface area contributed by atoms with Crippen molar-refractivity contribution in [1.29, 1.82) is 0 Å². The molecule has 1 atom stereocenters. The number of hydrogen-bond donors (Lipinski definition) is 0. The monoisotopic (exact) mass is 256 g/mol. The van der Waals surface area contributed by atoms with Crippen LogP contribution < -0.4 is 0 Å². The van der Waals surface area contributed by atoms with Crippen molar-refractivity contribution in [3.63, 3.8) is 0 Å². The van der Waals surface area contributed by atoms with E-state index in [0.29, 0.717) is 0 Å². The zero-order valence-corrected chi connectivity index (χ0v) is 11.6. The van der Waals surface area contributed by atoms with Crippen LogP contribution >= 0.6 is 0 Å². The van der Waals surface area contributed by atoms with Crippen molar-refractivity contribution in [3.05, 3.63) is 47.7 Å². The molecule has 2 heteroatoms. The molecule has 19 heavy (non-hydrogen) atoms. The maximum absolute atomic E-state index is 6.02. The number of ether oxygens (including phenoxy) is 1. The predicted molar refractivity (Wildman–Crippen MR) is 76.0 cm³/mol. The normalized spacial score (nSPS) is 18.6. The summed E-state index contributed by atoms with van der Waals surface area (Å²) in [5.41, 5.74) is 2.39. The molecule has 0 amide bonds. The summed E-state index contributed by atoms with van der Waals surface area (Å²) in [4.78, 5) is 0. The summed E-state index contributed by atoms with van der Waals surface area (Å²) in [6.07, 6.45) is 3.72. The minimum atomic E-state index is 0.199. The number of furan rings is 1. The molecule has 100 valence electrons. The second kappa shape index (κ2) is 5.22. The fraction of sp³-hybridized carbons (Fsp3) is 0.412. The summed E-state index contributed by atoms with van der Waals surface area (Å²) < 4.78 is 12.0. The summed E-state index contributed by atoms with van der Waals surface area (Å²) in [6, 6.07) is 12.4. The summed E-state index contributed by atoms with van der Waals surface area (Å²) in [5, 5.41) is 0. The molecule has 1 aromatic heterocycles. The highest BCUT2D eigenvalue weighted by Gasteiger charge is 2.26. The SMILES string of the molecule is CC(C)O[C@H]1CCCc2oc(-c3ccccc3)cc21. The van der Waals surface area contributed by atoms with Crippen LogP contribution in [0.15, 0.2) is 40.8 Å². The second-order valence-corrected chi connectivity index (χ2v) is 5.42. The average Bonchev–Trinajstić information content (AvgIpc) is 2.84. The first-order valence-electron chi connectivity index (χ1n) is 7.07. The van der Waals surface area contributed by atoms with Crippen molar-refractivity contribution in [2.45, 2.75) is 45.3 Å². The summed E-state index contributed by atoms with van der Waals surface area (Å²) in [5.74, 6) is 2.07. The van der Waals surface area contributed by atoms with Gasteiger partial charge in [0.2, 0.25) is 0 Å². The molecule has 0 saturated heterocycles. The molecule has 1 aromatic carbocycles. The molecule has 1 aliphatic carbocycles. The van der Waals surface area contributed by atoms with E-state index in [-0.39, 0.29) is 12.2 Å². The first kappa shape index (κ1) is 12.5. The number of rotatable bonds is 3. The Kier molecular flexibility index (Phi) is 3.43. The van der Waals surface area contributed by atoms with Gasteiger partial charge in [-0.1, -0.05) is 30.3 Å². The molecule has 1 heterocycles. The Bertz CT molecular complexity index is 540. The average molecular weight is 256 g/mol. The topological polar surface area (TPSA) is 22.4 Å². The quantitative estimate of drug-likeness (QED) is 0.790. The zero-order chi connectivity index (χ0) is 13.2. The molecule has 0 unspecified atom stereocenters. The predicted octanol–water partition coefficient (Wildman–Crippen LogP) is 4.75. The van der Waals surface area contributed by atoms with Gasteiger partial charge in [-0.25, -0.2) is 0 Å². The largest absolute Gasteiger partial charge is 0.461 e. The molecule has 0 radical (unpaired) electrons. The fourth-order valence-corrected chi connectivity index (χ4v) is 2.73. The molecular formula is C17H20O2. The van der Waals surface area contributed by atoms with Gasteiger partial charge in [0.25, 0.3) is 0 Å². The lowest BCUT2D eigenvalue weighted by molar-refractivity contribution is -0.00408. The van der Waals surface area contributed by atoms with E-state index in [9.17, 15) is 0 Å². The lowest BCUT2D eigenvalue weighted by Crippen LogP contribution is -2.14. The van der Waals surface area contributed by atoms with E-state index < -0.39 is 0 Å².